The Morgan fingerprint density at radius 3 is 2.65 bits per heavy atom. The van der Waals surface area contributed by atoms with Crippen molar-refractivity contribution < 1.29 is 13.6 Å². The van der Waals surface area contributed by atoms with Crippen LogP contribution in [0.4, 0.5) is 20.3 Å². The van der Waals surface area contributed by atoms with E-state index in [2.05, 4.69) is 15.3 Å². The lowest BCUT2D eigenvalue weighted by Gasteiger charge is -2.06. The highest BCUT2D eigenvalue weighted by molar-refractivity contribution is 8.00. The van der Waals surface area contributed by atoms with Crippen molar-refractivity contribution in [3.05, 3.63) is 40.7 Å². The summed E-state index contributed by atoms with van der Waals surface area (Å²) in [5.74, 6) is -2.72. The van der Waals surface area contributed by atoms with Crippen LogP contribution in [0.2, 0.25) is 0 Å². The Balaban J connectivity index is 1.88. The van der Waals surface area contributed by atoms with Gasteiger partial charge in [0.25, 0.3) is 11.3 Å². The molecule has 0 aliphatic heterocycles. The lowest BCUT2D eigenvalue weighted by Crippen LogP contribution is -2.15. The number of nitrogens with zero attached hydrogens (tertiary/aromatic N) is 1. The number of carbonyl (C=O) groups excluding carboxylic acids is 1. The first-order chi connectivity index (χ1) is 10.9. The van der Waals surface area contributed by atoms with E-state index in [9.17, 15) is 18.4 Å². The number of nitrogen functional groups attached to an aromatic ring is 1. The van der Waals surface area contributed by atoms with Crippen LogP contribution in [-0.4, -0.2) is 27.4 Å². The van der Waals surface area contributed by atoms with Gasteiger partial charge in [0, 0.05) is 16.6 Å². The molecule has 2 rings (SSSR count). The van der Waals surface area contributed by atoms with Gasteiger partial charge in [-0.1, -0.05) is 23.5 Å². The van der Waals surface area contributed by atoms with Gasteiger partial charge in [-0.2, -0.15) is 8.78 Å². The maximum atomic E-state index is 12.2. The number of amides is 1. The average Bonchev–Trinajstić information content (AvgIpc) is 2.46. The van der Waals surface area contributed by atoms with E-state index in [0.717, 1.165) is 17.8 Å². The number of carbonyl (C=O) groups is 1. The molecule has 1 heterocycles. The Morgan fingerprint density at radius 2 is 2.04 bits per heavy atom. The number of nitrogens with two attached hydrogens (primary N) is 1. The number of hydrogen-bond acceptors (Lipinski definition) is 6. The summed E-state index contributed by atoms with van der Waals surface area (Å²) in [5, 5.41) is 2.86. The summed E-state index contributed by atoms with van der Waals surface area (Å²) in [4.78, 5) is 29.8. The number of aromatic amines is 1. The summed E-state index contributed by atoms with van der Waals surface area (Å²) in [6.07, 6.45) is 0. The predicted octanol–water partition coefficient (Wildman–Crippen LogP) is 2.40. The van der Waals surface area contributed by atoms with Crippen molar-refractivity contribution in [3.8, 4) is 0 Å². The van der Waals surface area contributed by atoms with E-state index >= 15 is 0 Å². The van der Waals surface area contributed by atoms with Crippen molar-refractivity contribution in [2.24, 2.45) is 0 Å². The third-order valence-corrected chi connectivity index (χ3v) is 4.04. The molecule has 1 amide bonds. The van der Waals surface area contributed by atoms with Crippen LogP contribution in [0, 0.1) is 0 Å². The highest BCUT2D eigenvalue weighted by Gasteiger charge is 2.08. The number of thioether (sulfide) groups is 2. The number of rotatable bonds is 6. The molecule has 0 atom stereocenters. The summed E-state index contributed by atoms with van der Waals surface area (Å²) in [7, 11) is 0. The maximum Gasteiger partial charge on any atom is 0.288 e. The minimum Gasteiger partial charge on any atom is -0.383 e. The van der Waals surface area contributed by atoms with Gasteiger partial charge in [-0.05, 0) is 24.3 Å². The van der Waals surface area contributed by atoms with Crippen LogP contribution in [0.3, 0.4) is 0 Å². The van der Waals surface area contributed by atoms with Gasteiger partial charge in [0.1, 0.15) is 5.82 Å². The second kappa shape index (κ2) is 7.97. The van der Waals surface area contributed by atoms with Crippen LogP contribution >= 0.6 is 23.5 Å². The smallest absolute Gasteiger partial charge is 0.288 e. The Morgan fingerprint density at radius 1 is 1.35 bits per heavy atom. The lowest BCUT2D eigenvalue weighted by atomic mass is 10.3. The second-order valence-electron chi connectivity index (χ2n) is 4.22. The van der Waals surface area contributed by atoms with E-state index in [1.54, 1.807) is 0 Å². The lowest BCUT2D eigenvalue weighted by molar-refractivity contribution is -0.113. The first-order valence-corrected chi connectivity index (χ1v) is 8.13. The van der Waals surface area contributed by atoms with Crippen molar-refractivity contribution in [2.45, 2.75) is 15.8 Å². The fraction of sp³-hybridized carbons (Fsp3) is 0.154. The van der Waals surface area contributed by atoms with E-state index in [1.807, 2.05) is 0 Å². The van der Waals surface area contributed by atoms with Gasteiger partial charge < -0.3 is 16.0 Å². The number of H-pyrrole nitrogens is 1. The number of aromatic nitrogens is 2. The molecule has 23 heavy (non-hydrogen) atoms. The highest BCUT2D eigenvalue weighted by atomic mass is 32.2. The quantitative estimate of drug-likeness (QED) is 0.541. The second-order valence-corrected chi connectivity index (χ2v) is 6.24. The number of halogens is 2. The highest BCUT2D eigenvalue weighted by Crippen LogP contribution is 2.26. The van der Waals surface area contributed by atoms with Crippen molar-refractivity contribution in [2.75, 3.05) is 16.8 Å². The van der Waals surface area contributed by atoms with Gasteiger partial charge in [0.15, 0.2) is 5.16 Å². The first-order valence-electron chi connectivity index (χ1n) is 6.27. The molecule has 0 fully saturated rings. The Bertz CT molecular complexity index is 737. The van der Waals surface area contributed by atoms with Gasteiger partial charge in [-0.3, -0.25) is 9.59 Å². The van der Waals surface area contributed by atoms with Crippen LogP contribution in [0.15, 0.2) is 45.2 Å². The molecule has 6 nitrogen and oxygen atoms in total. The molecule has 1 aromatic heterocycles. The largest absolute Gasteiger partial charge is 0.383 e. The molecular weight excluding hydrogens is 346 g/mol. The van der Waals surface area contributed by atoms with E-state index in [-0.39, 0.29) is 22.6 Å². The zero-order valence-corrected chi connectivity index (χ0v) is 13.2. The van der Waals surface area contributed by atoms with E-state index in [4.69, 9.17) is 5.73 Å². The average molecular weight is 358 g/mol. The summed E-state index contributed by atoms with van der Waals surface area (Å²) in [6, 6.07) is 7.21. The fourth-order valence-electron chi connectivity index (χ4n) is 1.57. The summed E-state index contributed by atoms with van der Waals surface area (Å²) >= 11 is 1.46. The van der Waals surface area contributed by atoms with Crippen LogP contribution in [0.1, 0.15) is 0 Å². The predicted molar refractivity (Wildman–Crippen MR) is 86.9 cm³/mol. The summed E-state index contributed by atoms with van der Waals surface area (Å²) < 4.78 is 24.4. The Kier molecular flexibility index (Phi) is 5.99. The number of hydrogen-bond donors (Lipinski definition) is 3. The van der Waals surface area contributed by atoms with Crippen molar-refractivity contribution >= 4 is 40.9 Å². The molecule has 1 aromatic carbocycles. The molecule has 0 radical (unpaired) electrons. The number of benzene rings is 1. The summed E-state index contributed by atoms with van der Waals surface area (Å²) in [6.45, 7) is 0. The van der Waals surface area contributed by atoms with Gasteiger partial charge in [0.2, 0.25) is 5.91 Å². The Hall–Kier alpha value is -2.07. The molecule has 10 heteroatoms. The Labute approximate surface area is 138 Å². The molecule has 0 bridgehead atoms. The van der Waals surface area contributed by atoms with E-state index < -0.39 is 11.3 Å². The first kappa shape index (κ1) is 17.3. The molecule has 0 unspecified atom stereocenters. The van der Waals surface area contributed by atoms with Gasteiger partial charge in [-0.15, -0.1) is 0 Å². The number of nitrogens with one attached hydrogen (secondary N) is 2. The van der Waals surface area contributed by atoms with Crippen molar-refractivity contribution in [3.63, 3.8) is 0 Å². The summed E-state index contributed by atoms with van der Waals surface area (Å²) in [5.41, 5.74) is 5.53. The number of anilines is 2. The number of alkyl halides is 2. The van der Waals surface area contributed by atoms with E-state index in [0.29, 0.717) is 22.3 Å². The van der Waals surface area contributed by atoms with Crippen LogP contribution in [-0.2, 0) is 4.79 Å². The third-order valence-electron chi connectivity index (χ3n) is 2.44. The molecule has 0 aliphatic carbocycles. The molecule has 122 valence electrons. The van der Waals surface area contributed by atoms with Crippen LogP contribution in [0.25, 0.3) is 0 Å². The molecular formula is C13H12F2N4O2S2. The third kappa shape index (κ3) is 5.91. The molecule has 2 aromatic rings. The van der Waals surface area contributed by atoms with Crippen LogP contribution < -0.4 is 16.6 Å². The van der Waals surface area contributed by atoms with Gasteiger partial charge in [0.05, 0.1) is 5.75 Å². The molecule has 0 spiro atoms. The minimum absolute atomic E-state index is 0.0138. The van der Waals surface area contributed by atoms with Crippen molar-refractivity contribution in [1.29, 1.82) is 0 Å². The zero-order chi connectivity index (χ0) is 16.8. The molecule has 0 aliphatic rings. The van der Waals surface area contributed by atoms with Crippen molar-refractivity contribution in [1.82, 2.24) is 9.97 Å². The molecule has 0 saturated carbocycles. The van der Waals surface area contributed by atoms with Crippen LogP contribution in [0.5, 0.6) is 0 Å². The topological polar surface area (TPSA) is 101 Å². The fourth-order valence-corrected chi connectivity index (χ4v) is 2.75. The van der Waals surface area contributed by atoms with Gasteiger partial charge >= 0.3 is 0 Å². The SMILES string of the molecule is Nc1cc(=O)[nH]c(SCC(=O)Nc2ccc(SC(F)F)cc2)n1. The zero-order valence-electron chi connectivity index (χ0n) is 11.6. The standard InChI is InChI=1S/C13H12F2N4O2S2/c14-12(15)23-8-3-1-7(2-4-8)17-11(21)6-22-13-18-9(16)5-10(20)19-13/h1-5,12H,6H2,(H,17,21)(H3,16,18,19,20). The maximum absolute atomic E-state index is 12.2. The van der Waals surface area contributed by atoms with E-state index in [1.165, 1.54) is 24.3 Å². The minimum atomic E-state index is -2.49. The molecule has 4 N–H and O–H groups in total. The van der Waals surface area contributed by atoms with Gasteiger partial charge in [-0.25, -0.2) is 4.98 Å². The molecule has 0 saturated heterocycles. The monoisotopic (exact) mass is 358 g/mol. The normalized spacial score (nSPS) is 10.7.